The van der Waals surface area contributed by atoms with Gasteiger partial charge in [0.25, 0.3) is 0 Å². The first-order valence-electron chi connectivity index (χ1n) is 11.7. The van der Waals surface area contributed by atoms with Crippen molar-refractivity contribution in [3.63, 3.8) is 0 Å². The zero-order chi connectivity index (χ0) is 27.1. The second-order valence-electron chi connectivity index (χ2n) is 8.22. The Hall–Kier alpha value is -4.51. The number of anilines is 1. The summed E-state index contributed by atoms with van der Waals surface area (Å²) in [5.41, 5.74) is 4.00. The lowest BCUT2D eigenvalue weighted by molar-refractivity contribution is -0.136. The number of methoxy groups -OCH3 is 2. The van der Waals surface area contributed by atoms with E-state index in [0.717, 1.165) is 29.7 Å². The number of ether oxygens (including phenoxy) is 3. The van der Waals surface area contributed by atoms with Gasteiger partial charge in [0.1, 0.15) is 16.5 Å². The molecule has 0 bridgehead atoms. The minimum Gasteiger partial charge on any atom is -0.497 e. The molecule has 2 aromatic carbocycles. The number of carbonyl (C=O) groups excluding carboxylic acids is 4. The van der Waals surface area contributed by atoms with Gasteiger partial charge in [0.05, 0.1) is 31.6 Å². The molecule has 38 heavy (non-hydrogen) atoms. The van der Waals surface area contributed by atoms with E-state index in [1.807, 2.05) is 0 Å². The third-order valence-corrected chi connectivity index (χ3v) is 7.00. The van der Waals surface area contributed by atoms with Gasteiger partial charge in [-0.05, 0) is 61.6 Å². The molecular weight excluding hydrogens is 510 g/mol. The standard InChI is InChI=1S/C27H25N3O7S/c1-35-18-10-7-9-16(14-18)26(33)37-20-12-5-3-8-17(20)15-28-30-24(32)23(31)29-25-22(27(34)36-2)19-11-4-6-13-21(19)38-25/h3,5,7-10,12,14-15H,4,6,11,13H2,1-2H3,(H,29,31)(H,30,32)/b28-15+. The summed E-state index contributed by atoms with van der Waals surface area (Å²) in [5.74, 6) is -2.46. The van der Waals surface area contributed by atoms with Crippen LogP contribution in [0.15, 0.2) is 53.6 Å². The number of hydrogen-bond acceptors (Lipinski definition) is 9. The SMILES string of the molecule is COC(=O)c1c(NC(=O)C(=O)N/N=C/c2ccccc2OC(=O)c2cccc(OC)c2)sc2c1CCCC2. The van der Waals surface area contributed by atoms with Gasteiger partial charge in [-0.15, -0.1) is 11.3 Å². The number of aryl methyl sites for hydroxylation is 1. The van der Waals surface area contributed by atoms with Crippen molar-refractivity contribution in [3.05, 3.63) is 75.7 Å². The van der Waals surface area contributed by atoms with Gasteiger partial charge < -0.3 is 19.5 Å². The second-order valence-corrected chi connectivity index (χ2v) is 9.32. The Kier molecular flexibility index (Phi) is 8.49. The van der Waals surface area contributed by atoms with E-state index in [1.165, 1.54) is 31.8 Å². The summed E-state index contributed by atoms with van der Waals surface area (Å²) >= 11 is 1.27. The van der Waals surface area contributed by atoms with Crippen molar-refractivity contribution >= 4 is 46.3 Å². The summed E-state index contributed by atoms with van der Waals surface area (Å²) in [4.78, 5) is 50.8. The first kappa shape index (κ1) is 26.6. The van der Waals surface area contributed by atoms with Crippen molar-refractivity contribution in [1.82, 2.24) is 5.43 Å². The van der Waals surface area contributed by atoms with Gasteiger partial charge in [-0.3, -0.25) is 9.59 Å². The molecular formula is C27H25N3O7S. The van der Waals surface area contributed by atoms with Crippen molar-refractivity contribution in [3.8, 4) is 11.5 Å². The molecule has 1 aliphatic rings. The number of fused-ring (bicyclic) bond motifs is 1. The zero-order valence-corrected chi connectivity index (χ0v) is 21.6. The number of esters is 2. The minimum absolute atomic E-state index is 0.203. The Bertz CT molecular complexity index is 1410. The summed E-state index contributed by atoms with van der Waals surface area (Å²) in [6.07, 6.45) is 4.70. The first-order chi connectivity index (χ1) is 18.4. The molecule has 11 heteroatoms. The molecule has 1 aliphatic carbocycles. The van der Waals surface area contributed by atoms with Gasteiger partial charge in [-0.2, -0.15) is 5.10 Å². The smallest absolute Gasteiger partial charge is 0.343 e. The Morgan fingerprint density at radius 3 is 2.53 bits per heavy atom. The highest BCUT2D eigenvalue weighted by molar-refractivity contribution is 7.17. The van der Waals surface area contributed by atoms with Crippen molar-refractivity contribution in [2.45, 2.75) is 25.7 Å². The van der Waals surface area contributed by atoms with E-state index in [1.54, 1.807) is 48.5 Å². The second kappa shape index (κ2) is 12.2. The number of nitrogens with zero attached hydrogens (tertiary/aromatic N) is 1. The van der Waals surface area contributed by atoms with Crippen LogP contribution in [0, 0.1) is 0 Å². The maximum absolute atomic E-state index is 12.6. The molecule has 196 valence electrons. The van der Waals surface area contributed by atoms with E-state index in [2.05, 4.69) is 15.8 Å². The predicted molar refractivity (Wildman–Crippen MR) is 141 cm³/mol. The molecule has 0 fully saturated rings. The monoisotopic (exact) mass is 535 g/mol. The highest BCUT2D eigenvalue weighted by Crippen LogP contribution is 2.38. The van der Waals surface area contributed by atoms with Crippen LogP contribution in [0.3, 0.4) is 0 Å². The summed E-state index contributed by atoms with van der Waals surface area (Å²) in [6, 6.07) is 13.1. The molecule has 10 nitrogen and oxygen atoms in total. The molecule has 0 spiro atoms. The molecule has 4 rings (SSSR count). The van der Waals surface area contributed by atoms with Gasteiger partial charge >= 0.3 is 23.8 Å². The van der Waals surface area contributed by atoms with Crippen LogP contribution in [0.5, 0.6) is 11.5 Å². The maximum atomic E-state index is 12.6. The van der Waals surface area contributed by atoms with E-state index in [9.17, 15) is 19.2 Å². The molecule has 3 aromatic rings. The molecule has 0 unspecified atom stereocenters. The fourth-order valence-corrected chi connectivity index (χ4v) is 5.20. The lowest BCUT2D eigenvalue weighted by Gasteiger charge is -2.11. The molecule has 1 aromatic heterocycles. The number of nitrogens with one attached hydrogen (secondary N) is 2. The molecule has 0 aliphatic heterocycles. The van der Waals surface area contributed by atoms with Crippen molar-refractivity contribution in [1.29, 1.82) is 0 Å². The topological polar surface area (TPSA) is 132 Å². The summed E-state index contributed by atoms with van der Waals surface area (Å²) in [5, 5.41) is 6.62. The summed E-state index contributed by atoms with van der Waals surface area (Å²) in [7, 11) is 2.77. The van der Waals surface area contributed by atoms with E-state index in [0.29, 0.717) is 28.9 Å². The van der Waals surface area contributed by atoms with Crippen molar-refractivity contribution in [2.75, 3.05) is 19.5 Å². The van der Waals surface area contributed by atoms with Crippen molar-refractivity contribution in [2.24, 2.45) is 5.10 Å². The maximum Gasteiger partial charge on any atom is 0.343 e. The van der Waals surface area contributed by atoms with Gasteiger partial charge in [0.15, 0.2) is 0 Å². The summed E-state index contributed by atoms with van der Waals surface area (Å²) < 4.78 is 15.5. The van der Waals surface area contributed by atoms with Crippen LogP contribution < -0.4 is 20.2 Å². The summed E-state index contributed by atoms with van der Waals surface area (Å²) in [6.45, 7) is 0. The Morgan fingerprint density at radius 2 is 1.74 bits per heavy atom. The third kappa shape index (κ3) is 6.06. The molecule has 0 radical (unpaired) electrons. The fourth-order valence-electron chi connectivity index (χ4n) is 3.93. The lowest BCUT2D eigenvalue weighted by atomic mass is 9.95. The van der Waals surface area contributed by atoms with Crippen LogP contribution in [0.1, 0.15) is 49.6 Å². The number of amides is 2. The third-order valence-electron chi connectivity index (χ3n) is 5.79. The molecule has 0 saturated carbocycles. The van der Waals surface area contributed by atoms with E-state index >= 15 is 0 Å². The van der Waals surface area contributed by atoms with Crippen LogP contribution in [-0.2, 0) is 27.2 Å². The number of rotatable bonds is 7. The first-order valence-corrected chi connectivity index (χ1v) is 12.6. The molecule has 2 amide bonds. The van der Waals surface area contributed by atoms with Gasteiger partial charge in [-0.25, -0.2) is 15.0 Å². The van der Waals surface area contributed by atoms with E-state index in [4.69, 9.17) is 14.2 Å². The fraction of sp³-hybridized carbons (Fsp3) is 0.222. The number of thiophene rings is 1. The number of hydrogen-bond donors (Lipinski definition) is 2. The van der Waals surface area contributed by atoms with E-state index in [-0.39, 0.29) is 10.8 Å². The number of carbonyl (C=O) groups is 4. The van der Waals surface area contributed by atoms with Gasteiger partial charge in [0.2, 0.25) is 0 Å². The molecule has 1 heterocycles. The van der Waals surface area contributed by atoms with Crippen LogP contribution >= 0.6 is 11.3 Å². The number of para-hydroxylation sites is 1. The quantitative estimate of drug-likeness (QED) is 0.155. The lowest BCUT2D eigenvalue weighted by Crippen LogP contribution is -2.32. The van der Waals surface area contributed by atoms with Crippen LogP contribution in [-0.4, -0.2) is 44.2 Å². The highest BCUT2D eigenvalue weighted by Gasteiger charge is 2.28. The number of benzene rings is 2. The molecule has 0 saturated heterocycles. The Balaban J connectivity index is 1.41. The minimum atomic E-state index is -1.03. The largest absolute Gasteiger partial charge is 0.497 e. The molecule has 2 N–H and O–H groups in total. The van der Waals surface area contributed by atoms with E-state index < -0.39 is 23.8 Å². The molecule has 0 atom stereocenters. The Labute approximate surface area is 222 Å². The van der Waals surface area contributed by atoms with Crippen LogP contribution in [0.2, 0.25) is 0 Å². The van der Waals surface area contributed by atoms with Gasteiger partial charge in [-0.1, -0.05) is 18.2 Å². The average molecular weight is 536 g/mol. The van der Waals surface area contributed by atoms with Gasteiger partial charge in [0, 0.05) is 10.4 Å². The highest BCUT2D eigenvalue weighted by atomic mass is 32.1. The normalized spacial score (nSPS) is 12.4. The zero-order valence-electron chi connectivity index (χ0n) is 20.7. The van der Waals surface area contributed by atoms with Crippen molar-refractivity contribution < 1.29 is 33.4 Å². The predicted octanol–water partition coefficient (Wildman–Crippen LogP) is 3.73. The number of hydrazone groups is 1. The Morgan fingerprint density at radius 1 is 0.947 bits per heavy atom. The average Bonchev–Trinajstić information content (AvgIpc) is 3.31. The van der Waals surface area contributed by atoms with Crippen LogP contribution in [0.25, 0.3) is 0 Å². The van der Waals surface area contributed by atoms with Crippen LogP contribution in [0.4, 0.5) is 5.00 Å².